The largest absolute Gasteiger partial charge is 0.363 e. The van der Waals surface area contributed by atoms with Gasteiger partial charge in [-0.3, -0.25) is 9.59 Å². The van der Waals surface area contributed by atoms with Gasteiger partial charge in [0.05, 0.1) is 12.1 Å². The van der Waals surface area contributed by atoms with Crippen LogP contribution >= 0.6 is 0 Å². The summed E-state index contributed by atoms with van der Waals surface area (Å²) in [4.78, 5) is 29.1. The summed E-state index contributed by atoms with van der Waals surface area (Å²) in [7, 11) is 0. The van der Waals surface area contributed by atoms with E-state index in [0.717, 1.165) is 50.9 Å². The van der Waals surface area contributed by atoms with Crippen LogP contribution in [0.25, 0.3) is 0 Å². The van der Waals surface area contributed by atoms with E-state index in [-0.39, 0.29) is 24.0 Å². The van der Waals surface area contributed by atoms with Crippen LogP contribution in [0, 0.1) is 5.92 Å². The van der Waals surface area contributed by atoms with Gasteiger partial charge in [0, 0.05) is 24.7 Å². The van der Waals surface area contributed by atoms with Crippen LogP contribution in [-0.2, 0) is 14.3 Å². The SMILES string of the molecule is O=C(C1CCCC1)N1CCCC2(CC1)CN(c1ccccc1)C(=O)CO2. The number of para-hydroxylation sites is 1. The lowest BCUT2D eigenvalue weighted by molar-refractivity contribution is -0.141. The molecule has 4 rings (SSSR count). The van der Waals surface area contributed by atoms with Crippen LogP contribution < -0.4 is 4.90 Å². The highest BCUT2D eigenvalue weighted by molar-refractivity contribution is 5.95. The van der Waals surface area contributed by atoms with E-state index in [2.05, 4.69) is 4.90 Å². The average molecular weight is 356 g/mol. The summed E-state index contributed by atoms with van der Waals surface area (Å²) in [5.74, 6) is 0.593. The Labute approximate surface area is 155 Å². The van der Waals surface area contributed by atoms with Crippen LogP contribution in [0.4, 0.5) is 5.69 Å². The fourth-order valence-electron chi connectivity index (χ4n) is 4.68. The molecule has 1 unspecified atom stereocenters. The van der Waals surface area contributed by atoms with Gasteiger partial charge in [0.15, 0.2) is 0 Å². The van der Waals surface area contributed by atoms with E-state index in [1.807, 2.05) is 35.2 Å². The topological polar surface area (TPSA) is 49.9 Å². The molecule has 0 bridgehead atoms. The van der Waals surface area contributed by atoms with Crippen molar-refractivity contribution in [1.82, 2.24) is 4.90 Å². The van der Waals surface area contributed by atoms with Gasteiger partial charge in [-0.25, -0.2) is 0 Å². The molecule has 0 aromatic heterocycles. The Morgan fingerprint density at radius 1 is 1.04 bits per heavy atom. The number of carbonyl (C=O) groups is 2. The Bertz CT molecular complexity index is 656. The van der Waals surface area contributed by atoms with Crippen molar-refractivity contribution in [3.63, 3.8) is 0 Å². The molecular formula is C21H28N2O3. The van der Waals surface area contributed by atoms with Crippen molar-refractivity contribution in [3.8, 4) is 0 Å². The zero-order valence-corrected chi connectivity index (χ0v) is 15.4. The van der Waals surface area contributed by atoms with Gasteiger partial charge in [0.2, 0.25) is 5.91 Å². The highest BCUT2D eigenvalue weighted by atomic mass is 16.5. The zero-order chi connectivity index (χ0) is 18.0. The van der Waals surface area contributed by atoms with Crippen molar-refractivity contribution in [3.05, 3.63) is 30.3 Å². The summed E-state index contributed by atoms with van der Waals surface area (Å²) in [5, 5.41) is 0. The van der Waals surface area contributed by atoms with Crippen LogP contribution in [0.5, 0.6) is 0 Å². The first-order valence-corrected chi connectivity index (χ1v) is 9.95. The third-order valence-corrected chi connectivity index (χ3v) is 6.23. The van der Waals surface area contributed by atoms with Crippen molar-refractivity contribution in [1.29, 1.82) is 0 Å². The number of anilines is 1. The first-order valence-electron chi connectivity index (χ1n) is 9.95. The quantitative estimate of drug-likeness (QED) is 0.818. The molecule has 3 aliphatic rings. The fourth-order valence-corrected chi connectivity index (χ4v) is 4.68. The van der Waals surface area contributed by atoms with Crippen LogP contribution in [0.1, 0.15) is 44.9 Å². The first kappa shape index (κ1) is 17.5. The smallest absolute Gasteiger partial charge is 0.253 e. The van der Waals surface area contributed by atoms with Crippen molar-refractivity contribution in [2.24, 2.45) is 5.92 Å². The van der Waals surface area contributed by atoms with E-state index in [1.54, 1.807) is 0 Å². The Morgan fingerprint density at radius 2 is 1.81 bits per heavy atom. The standard InChI is InChI=1S/C21H28N2O3/c24-19-15-26-21(16-23(19)18-9-2-1-3-10-18)11-6-13-22(14-12-21)20(25)17-7-4-5-8-17/h1-3,9-10,17H,4-8,11-16H2. The zero-order valence-electron chi connectivity index (χ0n) is 15.4. The second-order valence-electron chi connectivity index (χ2n) is 7.95. The van der Waals surface area contributed by atoms with Crippen molar-refractivity contribution in [2.75, 3.05) is 31.1 Å². The van der Waals surface area contributed by atoms with E-state index in [1.165, 1.54) is 12.8 Å². The number of nitrogens with zero attached hydrogens (tertiary/aromatic N) is 2. The maximum absolute atomic E-state index is 12.8. The number of hydrogen-bond acceptors (Lipinski definition) is 3. The van der Waals surface area contributed by atoms with Crippen LogP contribution in [0.2, 0.25) is 0 Å². The number of carbonyl (C=O) groups excluding carboxylic acids is 2. The molecule has 1 aromatic rings. The number of hydrogen-bond donors (Lipinski definition) is 0. The maximum Gasteiger partial charge on any atom is 0.253 e. The maximum atomic E-state index is 12.8. The molecule has 0 N–H and O–H groups in total. The molecule has 26 heavy (non-hydrogen) atoms. The summed E-state index contributed by atoms with van der Waals surface area (Å²) in [6.07, 6.45) is 7.12. The minimum Gasteiger partial charge on any atom is -0.363 e. The second kappa shape index (κ2) is 7.39. The minimum absolute atomic E-state index is 0.0185. The molecule has 5 nitrogen and oxygen atoms in total. The van der Waals surface area contributed by atoms with Crippen LogP contribution in [0.15, 0.2) is 30.3 Å². The van der Waals surface area contributed by atoms with Gasteiger partial charge in [0.1, 0.15) is 6.61 Å². The van der Waals surface area contributed by atoms with E-state index in [0.29, 0.717) is 12.5 Å². The molecule has 2 heterocycles. The molecule has 2 saturated heterocycles. The molecule has 2 aliphatic heterocycles. The molecular weight excluding hydrogens is 328 g/mol. The molecule has 0 radical (unpaired) electrons. The first-order chi connectivity index (χ1) is 12.7. The molecule has 5 heteroatoms. The Balaban J connectivity index is 1.45. The van der Waals surface area contributed by atoms with Gasteiger partial charge in [-0.2, -0.15) is 0 Å². The van der Waals surface area contributed by atoms with Gasteiger partial charge in [-0.15, -0.1) is 0 Å². The van der Waals surface area contributed by atoms with Gasteiger partial charge < -0.3 is 14.5 Å². The van der Waals surface area contributed by atoms with Crippen molar-refractivity contribution < 1.29 is 14.3 Å². The number of benzene rings is 1. The van der Waals surface area contributed by atoms with Gasteiger partial charge in [-0.1, -0.05) is 31.0 Å². The Hall–Kier alpha value is -1.88. The van der Waals surface area contributed by atoms with Gasteiger partial charge in [-0.05, 0) is 44.2 Å². The van der Waals surface area contributed by atoms with Crippen LogP contribution in [0.3, 0.4) is 0 Å². The number of ether oxygens (including phenoxy) is 1. The Morgan fingerprint density at radius 3 is 2.58 bits per heavy atom. The molecule has 3 fully saturated rings. The second-order valence-corrected chi connectivity index (χ2v) is 7.95. The Kier molecular flexibility index (Phi) is 4.98. The lowest BCUT2D eigenvalue weighted by Gasteiger charge is -2.42. The number of morpholine rings is 1. The molecule has 1 aliphatic carbocycles. The predicted molar refractivity (Wildman–Crippen MR) is 99.9 cm³/mol. The summed E-state index contributed by atoms with van der Waals surface area (Å²) < 4.78 is 6.07. The third kappa shape index (κ3) is 3.50. The molecule has 1 saturated carbocycles. The molecule has 2 amide bonds. The molecule has 1 spiro atoms. The van der Waals surface area contributed by atoms with Gasteiger partial charge in [0.25, 0.3) is 5.91 Å². The molecule has 1 atom stereocenters. The number of rotatable bonds is 2. The minimum atomic E-state index is -0.325. The lowest BCUT2D eigenvalue weighted by atomic mass is 9.92. The van der Waals surface area contributed by atoms with Crippen LogP contribution in [-0.4, -0.2) is 48.6 Å². The summed E-state index contributed by atoms with van der Waals surface area (Å²) >= 11 is 0. The monoisotopic (exact) mass is 356 g/mol. The third-order valence-electron chi connectivity index (χ3n) is 6.23. The predicted octanol–water partition coefficient (Wildman–Crippen LogP) is 2.99. The van der Waals surface area contributed by atoms with E-state index in [9.17, 15) is 9.59 Å². The number of amides is 2. The summed E-state index contributed by atoms with van der Waals surface area (Å²) in [6, 6.07) is 9.83. The highest BCUT2D eigenvalue weighted by Gasteiger charge is 2.42. The van der Waals surface area contributed by atoms with E-state index < -0.39 is 0 Å². The van der Waals surface area contributed by atoms with Crippen molar-refractivity contribution >= 4 is 17.5 Å². The normalized spacial score (nSPS) is 27.8. The lowest BCUT2D eigenvalue weighted by Crippen LogP contribution is -2.55. The summed E-state index contributed by atoms with van der Waals surface area (Å²) in [5.41, 5.74) is 0.609. The number of likely N-dealkylation sites (tertiary alicyclic amines) is 1. The summed E-state index contributed by atoms with van der Waals surface area (Å²) in [6.45, 7) is 2.28. The molecule has 140 valence electrons. The fraction of sp³-hybridized carbons (Fsp3) is 0.619. The molecule has 1 aromatic carbocycles. The van der Waals surface area contributed by atoms with E-state index in [4.69, 9.17) is 4.74 Å². The highest BCUT2D eigenvalue weighted by Crippen LogP contribution is 2.34. The van der Waals surface area contributed by atoms with E-state index >= 15 is 0 Å². The van der Waals surface area contributed by atoms with Crippen molar-refractivity contribution in [2.45, 2.75) is 50.5 Å². The average Bonchev–Trinajstić information content (AvgIpc) is 3.14. The van der Waals surface area contributed by atoms with Gasteiger partial charge >= 0.3 is 0 Å².